The van der Waals surface area contributed by atoms with Crippen LogP contribution >= 0.6 is 34.5 Å². The van der Waals surface area contributed by atoms with Crippen LogP contribution in [0.2, 0.25) is 10.0 Å². The number of thiophene rings is 1. The Bertz CT molecular complexity index is 748. The van der Waals surface area contributed by atoms with Crippen molar-refractivity contribution < 1.29 is 9.63 Å². The van der Waals surface area contributed by atoms with Crippen LogP contribution in [-0.4, -0.2) is 12.5 Å². The second-order valence-corrected chi connectivity index (χ2v) is 6.39. The van der Waals surface area contributed by atoms with Crippen LogP contribution < -0.4 is 16.3 Å². The summed E-state index contributed by atoms with van der Waals surface area (Å²) in [6, 6.07) is 8.83. The molecule has 1 aromatic heterocycles. The van der Waals surface area contributed by atoms with E-state index in [9.17, 15) is 4.79 Å². The zero-order valence-electron chi connectivity index (χ0n) is 12.6. The Morgan fingerprint density at radius 1 is 1.12 bits per heavy atom. The van der Waals surface area contributed by atoms with Gasteiger partial charge in [-0.2, -0.15) is 0 Å². The standard InChI is InChI=1S/C16H15Cl2N3O2S/c1-10(12-5-6-13(17)14(18)8-12)21-23-9-16(22)20-19-11(2)15-4-3-7-24-15/h3-8,19,21H,1-2,9H2,(H,20,22). The second kappa shape index (κ2) is 8.75. The molecular weight excluding hydrogens is 369 g/mol. The number of hydroxylamine groups is 1. The molecule has 0 fully saturated rings. The molecule has 0 atom stereocenters. The summed E-state index contributed by atoms with van der Waals surface area (Å²) in [5, 5.41) is 2.78. The number of rotatable bonds is 8. The molecule has 1 amide bonds. The molecule has 0 bridgehead atoms. The number of hydrogen-bond donors (Lipinski definition) is 3. The normalized spacial score (nSPS) is 10.1. The first-order valence-corrected chi connectivity index (χ1v) is 8.40. The van der Waals surface area contributed by atoms with Crippen molar-refractivity contribution in [1.29, 1.82) is 0 Å². The van der Waals surface area contributed by atoms with Gasteiger partial charge in [0.1, 0.15) is 0 Å². The quantitative estimate of drug-likeness (QED) is 0.606. The molecule has 8 heteroatoms. The van der Waals surface area contributed by atoms with E-state index in [1.807, 2.05) is 17.5 Å². The lowest BCUT2D eigenvalue weighted by atomic mass is 10.2. The predicted octanol–water partition coefficient (Wildman–Crippen LogP) is 3.84. The minimum Gasteiger partial charge on any atom is -0.298 e. The van der Waals surface area contributed by atoms with Gasteiger partial charge in [0, 0.05) is 5.56 Å². The first-order valence-electron chi connectivity index (χ1n) is 6.77. The highest BCUT2D eigenvalue weighted by molar-refractivity contribution is 7.11. The average molecular weight is 384 g/mol. The van der Waals surface area contributed by atoms with Crippen molar-refractivity contribution in [2.24, 2.45) is 0 Å². The molecule has 0 aliphatic carbocycles. The summed E-state index contributed by atoms with van der Waals surface area (Å²) in [6.07, 6.45) is 0. The van der Waals surface area contributed by atoms with Crippen LogP contribution in [0, 0.1) is 0 Å². The molecular formula is C16H15Cl2N3O2S. The van der Waals surface area contributed by atoms with Crippen LogP contribution in [0.3, 0.4) is 0 Å². The van der Waals surface area contributed by atoms with Gasteiger partial charge < -0.3 is 0 Å². The summed E-state index contributed by atoms with van der Waals surface area (Å²) in [6.45, 7) is 7.41. The van der Waals surface area contributed by atoms with Crippen molar-refractivity contribution in [2.45, 2.75) is 0 Å². The molecule has 1 heterocycles. The highest BCUT2D eigenvalue weighted by Gasteiger charge is 2.06. The molecule has 2 rings (SSSR count). The second-order valence-electron chi connectivity index (χ2n) is 4.63. The molecule has 0 aliphatic rings. The predicted molar refractivity (Wildman–Crippen MR) is 99.2 cm³/mol. The Hall–Kier alpha value is -1.99. The number of nitrogens with one attached hydrogen (secondary N) is 3. The Morgan fingerprint density at radius 3 is 2.58 bits per heavy atom. The molecule has 0 saturated carbocycles. The fourth-order valence-electron chi connectivity index (χ4n) is 1.62. The number of carbonyl (C=O) groups excluding carboxylic acids is 1. The number of halogens is 2. The van der Waals surface area contributed by atoms with E-state index in [1.165, 1.54) is 11.3 Å². The minimum absolute atomic E-state index is 0.217. The maximum Gasteiger partial charge on any atom is 0.267 e. The molecule has 3 N–H and O–H groups in total. The van der Waals surface area contributed by atoms with Gasteiger partial charge in [-0.1, -0.05) is 48.5 Å². The Kier molecular flexibility index (Phi) is 6.69. The van der Waals surface area contributed by atoms with Crippen LogP contribution in [-0.2, 0) is 9.63 Å². The summed E-state index contributed by atoms with van der Waals surface area (Å²) in [7, 11) is 0. The third-order valence-electron chi connectivity index (χ3n) is 2.84. The SMILES string of the molecule is C=C(NOCC(=O)NNC(=C)c1cccs1)c1ccc(Cl)c(Cl)c1. The average Bonchev–Trinajstić information content (AvgIpc) is 3.09. The van der Waals surface area contributed by atoms with Gasteiger partial charge in [0.05, 0.1) is 26.3 Å². The molecule has 0 aliphatic heterocycles. The molecule has 0 radical (unpaired) electrons. The number of benzene rings is 1. The van der Waals surface area contributed by atoms with Gasteiger partial charge in [0.25, 0.3) is 5.91 Å². The van der Waals surface area contributed by atoms with Gasteiger partial charge in [-0.05, 0) is 23.6 Å². The van der Waals surface area contributed by atoms with Gasteiger partial charge >= 0.3 is 0 Å². The molecule has 126 valence electrons. The Balaban J connectivity index is 1.71. The lowest BCUT2D eigenvalue weighted by Crippen LogP contribution is -2.39. The summed E-state index contributed by atoms with van der Waals surface area (Å²) < 4.78 is 0. The Labute approximate surface area is 153 Å². The lowest BCUT2D eigenvalue weighted by Gasteiger charge is -2.12. The highest BCUT2D eigenvalue weighted by atomic mass is 35.5. The fourth-order valence-corrected chi connectivity index (χ4v) is 2.58. The molecule has 0 spiro atoms. The third kappa shape index (κ3) is 5.28. The Morgan fingerprint density at radius 2 is 1.92 bits per heavy atom. The van der Waals surface area contributed by atoms with E-state index in [4.69, 9.17) is 28.0 Å². The van der Waals surface area contributed by atoms with Crippen molar-refractivity contribution >= 4 is 51.8 Å². The number of hydrogen-bond acceptors (Lipinski definition) is 5. The minimum atomic E-state index is -0.373. The van der Waals surface area contributed by atoms with Crippen LogP contribution in [0.1, 0.15) is 10.4 Å². The first kappa shape index (κ1) is 18.4. The third-order valence-corrected chi connectivity index (χ3v) is 4.51. The van der Waals surface area contributed by atoms with Crippen LogP contribution in [0.4, 0.5) is 0 Å². The first-order chi connectivity index (χ1) is 11.5. The van der Waals surface area contributed by atoms with E-state index < -0.39 is 0 Å². The van der Waals surface area contributed by atoms with Gasteiger partial charge in [-0.25, -0.2) is 0 Å². The van der Waals surface area contributed by atoms with Crippen molar-refractivity contribution in [2.75, 3.05) is 6.61 Å². The van der Waals surface area contributed by atoms with Gasteiger partial charge in [-0.3, -0.25) is 26.0 Å². The topological polar surface area (TPSA) is 62.4 Å². The van der Waals surface area contributed by atoms with Crippen LogP contribution in [0.25, 0.3) is 11.4 Å². The van der Waals surface area contributed by atoms with E-state index in [2.05, 4.69) is 29.5 Å². The summed E-state index contributed by atoms with van der Waals surface area (Å²) in [5.74, 6) is -0.373. The number of carbonyl (C=O) groups is 1. The van der Waals surface area contributed by atoms with E-state index in [-0.39, 0.29) is 12.5 Å². The number of amides is 1. The molecule has 2 aromatic rings. The van der Waals surface area contributed by atoms with E-state index in [1.54, 1.807) is 18.2 Å². The maximum atomic E-state index is 11.7. The van der Waals surface area contributed by atoms with E-state index in [0.717, 1.165) is 4.88 Å². The van der Waals surface area contributed by atoms with Crippen molar-refractivity contribution in [3.8, 4) is 0 Å². The highest BCUT2D eigenvalue weighted by Crippen LogP contribution is 2.24. The van der Waals surface area contributed by atoms with Gasteiger partial charge in [0.2, 0.25) is 0 Å². The molecule has 0 saturated heterocycles. The molecule has 1 aromatic carbocycles. The summed E-state index contributed by atoms with van der Waals surface area (Å²) in [5.41, 5.74) is 9.56. The summed E-state index contributed by atoms with van der Waals surface area (Å²) in [4.78, 5) is 17.7. The molecule has 0 unspecified atom stereocenters. The van der Waals surface area contributed by atoms with E-state index >= 15 is 0 Å². The number of hydrazine groups is 1. The molecule has 5 nitrogen and oxygen atoms in total. The van der Waals surface area contributed by atoms with Crippen LogP contribution in [0.5, 0.6) is 0 Å². The fraction of sp³-hybridized carbons (Fsp3) is 0.0625. The van der Waals surface area contributed by atoms with Crippen LogP contribution in [0.15, 0.2) is 48.9 Å². The zero-order valence-corrected chi connectivity index (χ0v) is 14.9. The lowest BCUT2D eigenvalue weighted by molar-refractivity contribution is -0.127. The van der Waals surface area contributed by atoms with Gasteiger partial charge in [0.15, 0.2) is 6.61 Å². The summed E-state index contributed by atoms with van der Waals surface area (Å²) >= 11 is 13.3. The van der Waals surface area contributed by atoms with E-state index in [0.29, 0.717) is 27.0 Å². The zero-order chi connectivity index (χ0) is 17.5. The monoisotopic (exact) mass is 383 g/mol. The van der Waals surface area contributed by atoms with Crippen molar-refractivity contribution in [3.05, 3.63) is 69.4 Å². The maximum absolute atomic E-state index is 11.7. The largest absolute Gasteiger partial charge is 0.298 e. The van der Waals surface area contributed by atoms with Crippen molar-refractivity contribution in [1.82, 2.24) is 16.3 Å². The smallest absolute Gasteiger partial charge is 0.267 e. The molecule has 24 heavy (non-hydrogen) atoms. The van der Waals surface area contributed by atoms with Crippen molar-refractivity contribution in [3.63, 3.8) is 0 Å². The van der Waals surface area contributed by atoms with Gasteiger partial charge in [-0.15, -0.1) is 11.3 Å².